The Balaban J connectivity index is 1.72. The van der Waals surface area contributed by atoms with Gasteiger partial charge < -0.3 is 5.32 Å². The fourth-order valence-corrected chi connectivity index (χ4v) is 4.93. The van der Waals surface area contributed by atoms with Crippen LogP contribution in [0.2, 0.25) is 0 Å². The van der Waals surface area contributed by atoms with Gasteiger partial charge in [-0.3, -0.25) is 4.90 Å². The van der Waals surface area contributed by atoms with Crippen molar-refractivity contribution >= 4 is 10.0 Å². The highest BCUT2D eigenvalue weighted by Gasteiger charge is 2.33. The minimum absolute atomic E-state index is 0.313. The molecule has 124 valence electrons. The molecule has 0 aromatic carbocycles. The molecule has 0 aromatic heterocycles. The van der Waals surface area contributed by atoms with Crippen LogP contribution in [-0.2, 0) is 10.0 Å². The van der Waals surface area contributed by atoms with Crippen LogP contribution in [0.4, 0.5) is 0 Å². The summed E-state index contributed by atoms with van der Waals surface area (Å²) in [7, 11) is -3.05. The molecule has 0 spiro atoms. The first kappa shape index (κ1) is 17.2. The van der Waals surface area contributed by atoms with E-state index in [0.717, 1.165) is 58.4 Å². The summed E-state index contributed by atoms with van der Waals surface area (Å²) in [5.74, 6) is 0.313. The molecule has 0 bridgehead atoms. The van der Waals surface area contributed by atoms with Gasteiger partial charge in [0.25, 0.3) is 0 Å². The summed E-state index contributed by atoms with van der Waals surface area (Å²) in [6, 6.07) is 0.466. The van der Waals surface area contributed by atoms with Crippen molar-refractivity contribution in [3.05, 3.63) is 0 Å². The second-order valence-electron chi connectivity index (χ2n) is 6.32. The summed E-state index contributed by atoms with van der Waals surface area (Å²) < 4.78 is 26.6. The fraction of sp³-hybridized carbons (Fsp3) is 1.00. The zero-order valence-electron chi connectivity index (χ0n) is 13.4. The number of hydrogen-bond acceptors (Lipinski definition) is 4. The van der Waals surface area contributed by atoms with E-state index in [1.807, 2.05) is 0 Å². The average molecular weight is 317 g/mol. The number of piperazine rings is 1. The molecule has 0 saturated carbocycles. The summed E-state index contributed by atoms with van der Waals surface area (Å²) in [5.41, 5.74) is 0. The third-order valence-electron chi connectivity index (χ3n) is 4.63. The van der Waals surface area contributed by atoms with Gasteiger partial charge in [-0.1, -0.05) is 13.3 Å². The Hall–Kier alpha value is -0.170. The maximum Gasteiger partial charge on any atom is 0.214 e. The van der Waals surface area contributed by atoms with Crippen molar-refractivity contribution in [1.82, 2.24) is 14.5 Å². The van der Waals surface area contributed by atoms with Crippen LogP contribution in [0.5, 0.6) is 0 Å². The Bertz CT molecular complexity index is 400. The van der Waals surface area contributed by atoms with Gasteiger partial charge in [-0.15, -0.1) is 0 Å². The normalized spacial score (nSPS) is 24.9. The van der Waals surface area contributed by atoms with E-state index in [2.05, 4.69) is 17.1 Å². The first-order valence-corrected chi connectivity index (χ1v) is 10.2. The van der Waals surface area contributed by atoms with Gasteiger partial charge in [0, 0.05) is 25.7 Å². The second-order valence-corrected chi connectivity index (χ2v) is 8.41. The number of rotatable bonds is 8. The maximum absolute atomic E-state index is 12.4. The van der Waals surface area contributed by atoms with Gasteiger partial charge in [0.15, 0.2) is 0 Å². The molecule has 5 nitrogen and oxygen atoms in total. The van der Waals surface area contributed by atoms with Gasteiger partial charge >= 0.3 is 0 Å². The molecular weight excluding hydrogens is 286 g/mol. The molecule has 1 unspecified atom stereocenters. The number of fused-ring (bicyclic) bond motifs is 1. The monoisotopic (exact) mass is 317 g/mol. The van der Waals surface area contributed by atoms with E-state index in [1.54, 1.807) is 4.31 Å². The maximum atomic E-state index is 12.4. The third-order valence-corrected chi connectivity index (χ3v) is 6.55. The van der Waals surface area contributed by atoms with Gasteiger partial charge in [-0.25, -0.2) is 8.42 Å². The minimum Gasteiger partial charge on any atom is -0.317 e. The topological polar surface area (TPSA) is 52.7 Å². The van der Waals surface area contributed by atoms with Gasteiger partial charge in [0.1, 0.15) is 0 Å². The van der Waals surface area contributed by atoms with E-state index < -0.39 is 10.0 Å². The molecule has 1 N–H and O–H groups in total. The van der Waals surface area contributed by atoms with Crippen molar-refractivity contribution in [3.8, 4) is 0 Å². The van der Waals surface area contributed by atoms with Crippen LogP contribution in [-0.4, -0.2) is 68.7 Å². The van der Waals surface area contributed by atoms with E-state index in [1.165, 1.54) is 12.8 Å². The molecule has 2 rings (SSSR count). The van der Waals surface area contributed by atoms with E-state index in [0.29, 0.717) is 18.3 Å². The summed E-state index contributed by atoms with van der Waals surface area (Å²) in [4.78, 5) is 2.48. The minimum atomic E-state index is -3.05. The smallest absolute Gasteiger partial charge is 0.214 e. The van der Waals surface area contributed by atoms with E-state index in [-0.39, 0.29) is 0 Å². The molecule has 2 aliphatic rings. The number of nitrogens with zero attached hydrogens (tertiary/aromatic N) is 2. The molecule has 0 amide bonds. The first-order chi connectivity index (χ1) is 10.1. The number of nitrogens with one attached hydrogen (secondary N) is 1. The zero-order valence-corrected chi connectivity index (χ0v) is 14.2. The SMILES string of the molecule is CCCNCCCCS(=O)(=O)N1CCN2CCCCC2C1. The molecule has 0 aromatic rings. The molecule has 0 aliphatic carbocycles. The third kappa shape index (κ3) is 5.20. The van der Waals surface area contributed by atoms with E-state index in [9.17, 15) is 8.42 Å². The molecule has 0 radical (unpaired) electrons. The van der Waals surface area contributed by atoms with E-state index >= 15 is 0 Å². The molecule has 1 atom stereocenters. The highest BCUT2D eigenvalue weighted by atomic mass is 32.2. The summed E-state index contributed by atoms with van der Waals surface area (Å²) in [6.45, 7) is 7.57. The number of hydrogen-bond donors (Lipinski definition) is 1. The zero-order chi connectivity index (χ0) is 15.1. The van der Waals surface area contributed by atoms with Crippen LogP contribution in [0, 0.1) is 0 Å². The van der Waals surface area contributed by atoms with Crippen molar-refractivity contribution in [2.75, 3.05) is 45.0 Å². The molecule has 2 aliphatic heterocycles. The van der Waals surface area contributed by atoms with Crippen molar-refractivity contribution in [3.63, 3.8) is 0 Å². The molecule has 6 heteroatoms. The van der Waals surface area contributed by atoms with Crippen LogP contribution in [0.3, 0.4) is 0 Å². The van der Waals surface area contributed by atoms with Gasteiger partial charge in [0.2, 0.25) is 10.0 Å². The standard InChI is InChI=1S/C15H31N3O2S/c1-2-8-16-9-4-6-13-21(19,20)18-12-11-17-10-5-3-7-15(17)14-18/h15-16H,2-14H2,1H3. The molecule has 2 fully saturated rings. The molecular formula is C15H31N3O2S. The lowest BCUT2D eigenvalue weighted by Gasteiger charge is -2.43. The number of piperidine rings is 1. The Morgan fingerprint density at radius 1 is 1.10 bits per heavy atom. The Kier molecular flexibility index (Phi) is 6.92. The summed E-state index contributed by atoms with van der Waals surface area (Å²) in [6.07, 6.45) is 6.52. The van der Waals surface area contributed by atoms with Crippen molar-refractivity contribution in [1.29, 1.82) is 0 Å². The fourth-order valence-electron chi connectivity index (χ4n) is 3.35. The van der Waals surface area contributed by atoms with E-state index in [4.69, 9.17) is 0 Å². The van der Waals surface area contributed by atoms with Gasteiger partial charge in [-0.2, -0.15) is 4.31 Å². The number of sulfonamides is 1. The highest BCUT2D eigenvalue weighted by Crippen LogP contribution is 2.22. The molecule has 2 saturated heterocycles. The molecule has 2 heterocycles. The molecule has 21 heavy (non-hydrogen) atoms. The van der Waals surface area contributed by atoms with Crippen LogP contribution in [0.25, 0.3) is 0 Å². The lowest BCUT2D eigenvalue weighted by atomic mass is 10.0. The van der Waals surface area contributed by atoms with Gasteiger partial charge in [-0.05, 0) is 51.7 Å². The predicted octanol–water partition coefficient (Wildman–Crippen LogP) is 1.27. The first-order valence-electron chi connectivity index (χ1n) is 8.56. The number of unbranched alkanes of at least 4 members (excludes halogenated alkanes) is 1. The largest absolute Gasteiger partial charge is 0.317 e. The predicted molar refractivity (Wildman–Crippen MR) is 87.0 cm³/mol. The lowest BCUT2D eigenvalue weighted by molar-refractivity contribution is 0.0851. The van der Waals surface area contributed by atoms with Crippen molar-refractivity contribution in [2.24, 2.45) is 0 Å². The Morgan fingerprint density at radius 2 is 1.95 bits per heavy atom. The quantitative estimate of drug-likeness (QED) is 0.685. The van der Waals surface area contributed by atoms with Crippen LogP contribution >= 0.6 is 0 Å². The van der Waals surface area contributed by atoms with Crippen LogP contribution < -0.4 is 5.32 Å². The Labute approximate surface area is 130 Å². The Morgan fingerprint density at radius 3 is 2.76 bits per heavy atom. The van der Waals surface area contributed by atoms with Crippen molar-refractivity contribution < 1.29 is 8.42 Å². The summed E-state index contributed by atoms with van der Waals surface area (Å²) in [5, 5.41) is 3.32. The van der Waals surface area contributed by atoms with Gasteiger partial charge in [0.05, 0.1) is 5.75 Å². The highest BCUT2D eigenvalue weighted by molar-refractivity contribution is 7.89. The lowest BCUT2D eigenvalue weighted by Crippen LogP contribution is -2.56. The summed E-state index contributed by atoms with van der Waals surface area (Å²) >= 11 is 0. The second kappa shape index (κ2) is 8.46. The van der Waals surface area contributed by atoms with Crippen LogP contribution in [0.15, 0.2) is 0 Å². The average Bonchev–Trinajstić information content (AvgIpc) is 2.50. The van der Waals surface area contributed by atoms with Crippen molar-refractivity contribution in [2.45, 2.75) is 51.5 Å². The van der Waals surface area contributed by atoms with Crippen LogP contribution in [0.1, 0.15) is 45.4 Å².